The van der Waals surface area contributed by atoms with Crippen molar-refractivity contribution < 1.29 is 33.3 Å². The van der Waals surface area contributed by atoms with E-state index in [0.717, 1.165) is 0 Å². The second kappa shape index (κ2) is 11.0. The topological polar surface area (TPSA) is 103 Å². The van der Waals surface area contributed by atoms with Crippen LogP contribution in [0.4, 0.5) is 0 Å². The average Bonchev–Trinajstić information content (AvgIpc) is 2.83. The zero-order valence-electron chi connectivity index (χ0n) is 18.0. The SMILES string of the molecule is COc1ccc(C(=O)N2CCNC(=O)C2CC(=O)OCCOc2ccccc2)c(OC)c1. The van der Waals surface area contributed by atoms with E-state index in [9.17, 15) is 14.4 Å². The number of benzene rings is 2. The first-order chi connectivity index (χ1) is 15.5. The summed E-state index contributed by atoms with van der Waals surface area (Å²) >= 11 is 0. The van der Waals surface area contributed by atoms with Crippen molar-refractivity contribution in [3.05, 3.63) is 54.1 Å². The third kappa shape index (κ3) is 5.69. The number of ether oxygens (including phenoxy) is 4. The fourth-order valence-corrected chi connectivity index (χ4v) is 3.34. The molecule has 9 heteroatoms. The van der Waals surface area contributed by atoms with Gasteiger partial charge in [-0.15, -0.1) is 0 Å². The van der Waals surface area contributed by atoms with Crippen LogP contribution in [0, 0.1) is 0 Å². The summed E-state index contributed by atoms with van der Waals surface area (Å²) in [5.41, 5.74) is 0.276. The number of carbonyl (C=O) groups is 3. The maximum absolute atomic E-state index is 13.2. The molecule has 2 aromatic carbocycles. The normalized spacial score (nSPS) is 15.5. The van der Waals surface area contributed by atoms with Crippen LogP contribution in [-0.2, 0) is 14.3 Å². The number of rotatable bonds is 9. The Morgan fingerprint density at radius 3 is 2.53 bits per heavy atom. The summed E-state index contributed by atoms with van der Waals surface area (Å²) < 4.78 is 21.2. The molecule has 1 N–H and O–H groups in total. The number of carbonyl (C=O) groups excluding carboxylic acids is 3. The molecule has 1 saturated heterocycles. The smallest absolute Gasteiger partial charge is 0.308 e. The Bertz CT molecular complexity index is 949. The van der Waals surface area contributed by atoms with Gasteiger partial charge in [-0.2, -0.15) is 0 Å². The predicted molar refractivity (Wildman–Crippen MR) is 115 cm³/mol. The first-order valence-electron chi connectivity index (χ1n) is 10.2. The van der Waals surface area contributed by atoms with Gasteiger partial charge >= 0.3 is 5.97 Å². The van der Waals surface area contributed by atoms with Crippen LogP contribution in [0.15, 0.2) is 48.5 Å². The van der Waals surface area contributed by atoms with Gasteiger partial charge in [0.1, 0.15) is 36.5 Å². The van der Waals surface area contributed by atoms with Crippen LogP contribution in [0.3, 0.4) is 0 Å². The number of nitrogens with zero attached hydrogens (tertiary/aromatic N) is 1. The maximum Gasteiger partial charge on any atom is 0.308 e. The summed E-state index contributed by atoms with van der Waals surface area (Å²) in [5.74, 6) is 0.107. The molecule has 1 unspecified atom stereocenters. The lowest BCUT2D eigenvalue weighted by Crippen LogP contribution is -2.57. The zero-order chi connectivity index (χ0) is 22.9. The van der Waals surface area contributed by atoms with Crippen molar-refractivity contribution in [2.45, 2.75) is 12.5 Å². The third-order valence-corrected chi connectivity index (χ3v) is 4.95. The Balaban J connectivity index is 1.62. The quantitative estimate of drug-likeness (QED) is 0.465. The van der Waals surface area contributed by atoms with E-state index >= 15 is 0 Å². The van der Waals surface area contributed by atoms with E-state index in [2.05, 4.69) is 5.32 Å². The van der Waals surface area contributed by atoms with Crippen LogP contribution >= 0.6 is 0 Å². The minimum Gasteiger partial charge on any atom is -0.497 e. The molecular formula is C23H26N2O7. The first kappa shape index (κ1) is 22.9. The van der Waals surface area contributed by atoms with Crippen molar-refractivity contribution in [3.8, 4) is 17.2 Å². The second-order valence-corrected chi connectivity index (χ2v) is 6.96. The molecule has 2 amide bonds. The minimum atomic E-state index is -0.981. The summed E-state index contributed by atoms with van der Waals surface area (Å²) in [6.07, 6.45) is -0.263. The van der Waals surface area contributed by atoms with Crippen LogP contribution in [0.2, 0.25) is 0 Å². The molecule has 32 heavy (non-hydrogen) atoms. The maximum atomic E-state index is 13.2. The minimum absolute atomic E-state index is 0.0301. The highest BCUT2D eigenvalue weighted by molar-refractivity contribution is 6.01. The fraction of sp³-hybridized carbons (Fsp3) is 0.348. The lowest BCUT2D eigenvalue weighted by Gasteiger charge is -2.34. The van der Waals surface area contributed by atoms with Crippen molar-refractivity contribution in [1.82, 2.24) is 10.2 Å². The Hall–Kier alpha value is -3.75. The van der Waals surface area contributed by atoms with Gasteiger partial charge in [0.05, 0.1) is 26.2 Å². The van der Waals surface area contributed by atoms with E-state index in [1.165, 1.54) is 19.1 Å². The Kier molecular flexibility index (Phi) is 7.91. The van der Waals surface area contributed by atoms with Crippen molar-refractivity contribution in [1.29, 1.82) is 0 Å². The van der Waals surface area contributed by atoms with Gasteiger partial charge < -0.3 is 29.2 Å². The Labute approximate surface area is 186 Å². The second-order valence-electron chi connectivity index (χ2n) is 6.96. The molecule has 1 fully saturated rings. The van der Waals surface area contributed by atoms with Gasteiger partial charge in [-0.1, -0.05) is 18.2 Å². The van der Waals surface area contributed by atoms with Gasteiger partial charge in [0, 0.05) is 19.2 Å². The molecule has 2 aromatic rings. The number of para-hydroxylation sites is 1. The van der Waals surface area contributed by atoms with Gasteiger partial charge in [0.15, 0.2) is 0 Å². The van der Waals surface area contributed by atoms with Gasteiger partial charge in [-0.05, 0) is 24.3 Å². The molecular weight excluding hydrogens is 416 g/mol. The van der Waals surface area contributed by atoms with E-state index in [1.54, 1.807) is 30.3 Å². The summed E-state index contributed by atoms with van der Waals surface area (Å²) in [6.45, 7) is 0.759. The number of hydrogen-bond donors (Lipinski definition) is 1. The summed E-state index contributed by atoms with van der Waals surface area (Å²) in [5, 5.41) is 2.69. The number of hydrogen-bond acceptors (Lipinski definition) is 7. The molecule has 0 radical (unpaired) electrons. The van der Waals surface area contributed by atoms with Gasteiger partial charge in [-0.25, -0.2) is 0 Å². The Morgan fingerprint density at radius 1 is 1.03 bits per heavy atom. The van der Waals surface area contributed by atoms with Crippen molar-refractivity contribution in [2.24, 2.45) is 0 Å². The summed E-state index contributed by atoms with van der Waals surface area (Å²) in [7, 11) is 2.96. The van der Waals surface area contributed by atoms with Crippen molar-refractivity contribution in [2.75, 3.05) is 40.5 Å². The number of methoxy groups -OCH3 is 2. The van der Waals surface area contributed by atoms with Crippen molar-refractivity contribution >= 4 is 17.8 Å². The highest BCUT2D eigenvalue weighted by atomic mass is 16.6. The molecule has 0 aliphatic carbocycles. The lowest BCUT2D eigenvalue weighted by molar-refractivity contribution is -0.148. The highest BCUT2D eigenvalue weighted by Crippen LogP contribution is 2.27. The fourth-order valence-electron chi connectivity index (χ4n) is 3.34. The Morgan fingerprint density at radius 2 is 1.81 bits per heavy atom. The first-order valence-corrected chi connectivity index (χ1v) is 10.2. The van der Waals surface area contributed by atoms with Crippen LogP contribution < -0.4 is 19.5 Å². The van der Waals surface area contributed by atoms with Crippen LogP contribution in [0.5, 0.6) is 17.2 Å². The summed E-state index contributed by atoms with van der Waals surface area (Å²) in [6, 6.07) is 13.0. The summed E-state index contributed by atoms with van der Waals surface area (Å²) in [4.78, 5) is 39.4. The van der Waals surface area contributed by atoms with E-state index < -0.39 is 23.8 Å². The molecule has 170 valence electrons. The molecule has 0 saturated carbocycles. The molecule has 9 nitrogen and oxygen atoms in total. The highest BCUT2D eigenvalue weighted by Gasteiger charge is 2.36. The van der Waals surface area contributed by atoms with Crippen LogP contribution in [-0.4, -0.2) is 69.2 Å². The number of amides is 2. The largest absolute Gasteiger partial charge is 0.497 e. The van der Waals surface area contributed by atoms with E-state index in [1.807, 2.05) is 18.2 Å². The van der Waals surface area contributed by atoms with Crippen LogP contribution in [0.25, 0.3) is 0 Å². The van der Waals surface area contributed by atoms with Gasteiger partial charge in [-0.3, -0.25) is 14.4 Å². The zero-order valence-corrected chi connectivity index (χ0v) is 18.0. The number of esters is 1. The predicted octanol–water partition coefficient (Wildman–Crippen LogP) is 1.66. The average molecular weight is 442 g/mol. The van der Waals surface area contributed by atoms with Gasteiger partial charge in [0.2, 0.25) is 5.91 Å². The lowest BCUT2D eigenvalue weighted by atomic mass is 10.1. The molecule has 3 rings (SSSR count). The van der Waals surface area contributed by atoms with Crippen LogP contribution in [0.1, 0.15) is 16.8 Å². The molecule has 1 heterocycles. The molecule has 0 spiro atoms. The third-order valence-electron chi connectivity index (χ3n) is 4.95. The molecule has 1 aliphatic rings. The molecule has 1 aliphatic heterocycles. The monoisotopic (exact) mass is 442 g/mol. The van der Waals surface area contributed by atoms with E-state index in [-0.39, 0.29) is 31.7 Å². The van der Waals surface area contributed by atoms with Gasteiger partial charge in [0.25, 0.3) is 5.91 Å². The molecule has 0 bridgehead atoms. The number of piperazine rings is 1. The van der Waals surface area contributed by atoms with E-state index in [0.29, 0.717) is 23.8 Å². The van der Waals surface area contributed by atoms with E-state index in [4.69, 9.17) is 18.9 Å². The molecule has 1 atom stereocenters. The standard InChI is InChI=1S/C23H26N2O7/c1-29-17-8-9-18(20(14-17)30-2)23(28)25-11-10-24-22(27)19(25)15-21(26)32-13-12-31-16-6-4-3-5-7-16/h3-9,14,19H,10-13,15H2,1-2H3,(H,24,27). The van der Waals surface area contributed by atoms with Crippen molar-refractivity contribution in [3.63, 3.8) is 0 Å². The molecule has 0 aromatic heterocycles. The number of nitrogens with one attached hydrogen (secondary N) is 1.